The van der Waals surface area contributed by atoms with Gasteiger partial charge in [-0.05, 0) is 41.7 Å². The molecule has 0 N–H and O–H groups in total. The molecule has 0 aromatic heterocycles. The van der Waals surface area contributed by atoms with Crippen LogP contribution in [0.1, 0.15) is 53.9 Å². The third-order valence-electron chi connectivity index (χ3n) is 4.49. The molecule has 0 amide bonds. The van der Waals surface area contributed by atoms with Crippen LogP contribution < -0.4 is 0 Å². The van der Waals surface area contributed by atoms with Crippen LogP contribution in [-0.2, 0) is 4.79 Å². The summed E-state index contributed by atoms with van der Waals surface area (Å²) >= 11 is 0. The Hall–Kier alpha value is -0.850. The smallest absolute Gasteiger partial charge is 0.147 e. The fourth-order valence-corrected chi connectivity index (χ4v) is 3.29. The minimum Gasteiger partial charge on any atom is -0.298 e. The molecule has 1 nitrogen and oxygen atoms in total. The predicted octanol–water partition coefficient (Wildman–Crippen LogP) is 4.29. The molecule has 1 unspecified atom stereocenters. The van der Waals surface area contributed by atoms with Crippen LogP contribution in [0, 0.1) is 16.7 Å². The lowest BCUT2D eigenvalue weighted by Gasteiger charge is -2.35. The molecule has 1 fully saturated rings. The van der Waals surface area contributed by atoms with Gasteiger partial charge in [0.15, 0.2) is 0 Å². The van der Waals surface area contributed by atoms with Gasteiger partial charge >= 0.3 is 0 Å². The predicted molar refractivity (Wildman–Crippen MR) is 71.8 cm³/mol. The molecule has 1 atom stereocenters. The van der Waals surface area contributed by atoms with Gasteiger partial charge in [-0.15, -0.1) is 0 Å². The van der Waals surface area contributed by atoms with E-state index in [-0.39, 0.29) is 5.41 Å². The Labute approximate surface area is 105 Å². The molecule has 94 valence electrons. The third kappa shape index (κ3) is 2.12. The van der Waals surface area contributed by atoms with Crippen molar-refractivity contribution in [3.05, 3.63) is 22.8 Å². The zero-order valence-electron chi connectivity index (χ0n) is 11.8. The lowest BCUT2D eigenvalue weighted by atomic mass is 9.70. The van der Waals surface area contributed by atoms with Crippen molar-refractivity contribution in [2.24, 2.45) is 16.7 Å². The van der Waals surface area contributed by atoms with Crippen LogP contribution in [0.15, 0.2) is 22.8 Å². The van der Waals surface area contributed by atoms with Gasteiger partial charge in [0.05, 0.1) is 0 Å². The van der Waals surface area contributed by atoms with Crippen molar-refractivity contribution in [2.45, 2.75) is 53.9 Å². The number of fused-ring (bicyclic) bond motifs is 1. The largest absolute Gasteiger partial charge is 0.298 e. The summed E-state index contributed by atoms with van der Waals surface area (Å²) in [7, 11) is 0. The Kier molecular flexibility index (Phi) is 2.84. The molecule has 0 radical (unpaired) electrons. The van der Waals surface area contributed by atoms with E-state index in [2.05, 4.69) is 40.7 Å². The minimum absolute atomic E-state index is 0.0425. The number of hydrogen-bond acceptors (Lipinski definition) is 1. The van der Waals surface area contributed by atoms with Gasteiger partial charge in [0.1, 0.15) is 6.29 Å². The Bertz CT molecular complexity index is 402. The van der Waals surface area contributed by atoms with Crippen molar-refractivity contribution in [3.63, 3.8) is 0 Å². The van der Waals surface area contributed by atoms with E-state index < -0.39 is 0 Å². The molecule has 0 aliphatic heterocycles. The maximum Gasteiger partial charge on any atom is 0.147 e. The first-order chi connectivity index (χ1) is 7.75. The van der Waals surface area contributed by atoms with Crippen molar-refractivity contribution in [3.8, 4) is 0 Å². The van der Waals surface area contributed by atoms with Crippen LogP contribution in [0.5, 0.6) is 0 Å². The summed E-state index contributed by atoms with van der Waals surface area (Å²) in [4.78, 5) is 11.3. The normalized spacial score (nSPS) is 27.8. The van der Waals surface area contributed by atoms with Gasteiger partial charge in [-0.1, -0.05) is 40.7 Å². The Balaban J connectivity index is 2.31. The number of carbonyl (C=O) groups is 1. The first-order valence-electron chi connectivity index (χ1n) is 6.66. The number of allylic oxidation sites excluding steroid dienone is 4. The molecule has 0 spiro atoms. The van der Waals surface area contributed by atoms with E-state index in [1.165, 1.54) is 17.6 Å². The molecule has 0 aromatic rings. The van der Waals surface area contributed by atoms with E-state index in [1.54, 1.807) is 0 Å². The van der Waals surface area contributed by atoms with Crippen LogP contribution >= 0.6 is 0 Å². The number of aldehydes is 1. The van der Waals surface area contributed by atoms with Gasteiger partial charge in [0.25, 0.3) is 0 Å². The molecule has 1 heteroatoms. The third-order valence-corrected chi connectivity index (χ3v) is 4.49. The molecule has 2 aliphatic rings. The van der Waals surface area contributed by atoms with Crippen molar-refractivity contribution in [1.29, 1.82) is 0 Å². The van der Waals surface area contributed by atoms with E-state index in [0.29, 0.717) is 5.41 Å². The highest BCUT2D eigenvalue weighted by Gasteiger charge is 2.38. The summed E-state index contributed by atoms with van der Waals surface area (Å²) in [5.74, 6) is 0.749. The first kappa shape index (κ1) is 12.6. The summed E-state index contributed by atoms with van der Waals surface area (Å²) in [5.41, 5.74) is 4.16. The maximum absolute atomic E-state index is 11.3. The number of hydrogen-bond donors (Lipinski definition) is 0. The first-order valence-corrected chi connectivity index (χ1v) is 6.66. The summed E-state index contributed by atoms with van der Waals surface area (Å²) in [5, 5.41) is 0. The van der Waals surface area contributed by atoms with Gasteiger partial charge in [-0.25, -0.2) is 0 Å². The summed E-state index contributed by atoms with van der Waals surface area (Å²) in [6, 6.07) is 0. The summed E-state index contributed by atoms with van der Waals surface area (Å²) in [6.07, 6.45) is 6.87. The molecule has 0 saturated heterocycles. The van der Waals surface area contributed by atoms with Crippen molar-refractivity contribution >= 4 is 6.29 Å². The number of rotatable bonds is 1. The average molecular weight is 232 g/mol. The van der Waals surface area contributed by atoms with Gasteiger partial charge in [0.2, 0.25) is 0 Å². The number of carbonyl (C=O) groups excluding carboxylic acids is 1. The van der Waals surface area contributed by atoms with Crippen molar-refractivity contribution in [1.82, 2.24) is 0 Å². The quantitative estimate of drug-likeness (QED) is 0.616. The lowest BCUT2D eigenvalue weighted by molar-refractivity contribution is -0.105. The van der Waals surface area contributed by atoms with E-state index in [4.69, 9.17) is 0 Å². The molecule has 17 heavy (non-hydrogen) atoms. The second-order valence-corrected chi connectivity index (χ2v) is 7.21. The maximum atomic E-state index is 11.3. The van der Waals surface area contributed by atoms with Crippen LogP contribution in [-0.4, -0.2) is 6.29 Å². The highest BCUT2D eigenvalue weighted by Crippen LogP contribution is 2.50. The average Bonchev–Trinajstić information content (AvgIpc) is 2.44. The molecule has 0 bridgehead atoms. The summed E-state index contributed by atoms with van der Waals surface area (Å²) in [6.45, 7) is 11.3. The van der Waals surface area contributed by atoms with E-state index in [0.717, 1.165) is 30.6 Å². The van der Waals surface area contributed by atoms with Crippen LogP contribution in [0.3, 0.4) is 0 Å². The fraction of sp³-hybridized carbons (Fsp3) is 0.688. The zero-order chi connectivity index (χ0) is 12.8. The zero-order valence-corrected chi connectivity index (χ0v) is 11.8. The molecular weight excluding hydrogens is 208 g/mol. The Morgan fingerprint density at radius 1 is 1.35 bits per heavy atom. The van der Waals surface area contributed by atoms with Crippen molar-refractivity contribution < 1.29 is 4.79 Å². The van der Waals surface area contributed by atoms with Crippen LogP contribution in [0.25, 0.3) is 0 Å². The Morgan fingerprint density at radius 3 is 2.53 bits per heavy atom. The van der Waals surface area contributed by atoms with Crippen LogP contribution in [0.2, 0.25) is 0 Å². The minimum atomic E-state index is -0.0425. The van der Waals surface area contributed by atoms with Crippen molar-refractivity contribution in [2.75, 3.05) is 0 Å². The second-order valence-electron chi connectivity index (χ2n) is 7.21. The second kappa shape index (κ2) is 3.83. The van der Waals surface area contributed by atoms with E-state index >= 15 is 0 Å². The molecule has 1 saturated carbocycles. The van der Waals surface area contributed by atoms with E-state index in [9.17, 15) is 4.79 Å². The Morgan fingerprint density at radius 2 is 2.00 bits per heavy atom. The monoisotopic (exact) mass is 232 g/mol. The fourth-order valence-electron chi connectivity index (χ4n) is 3.29. The van der Waals surface area contributed by atoms with Gasteiger partial charge in [-0.2, -0.15) is 0 Å². The van der Waals surface area contributed by atoms with Gasteiger partial charge in [-0.3, -0.25) is 4.79 Å². The van der Waals surface area contributed by atoms with E-state index in [1.807, 2.05) is 0 Å². The lowest BCUT2D eigenvalue weighted by Crippen LogP contribution is -2.24. The highest BCUT2D eigenvalue weighted by atomic mass is 16.1. The topological polar surface area (TPSA) is 17.1 Å². The SMILES string of the molecule is CC1(C)C=C2CC(C(C)(C)C)CCC2=C1C=O. The highest BCUT2D eigenvalue weighted by molar-refractivity contribution is 5.81. The van der Waals surface area contributed by atoms with Gasteiger partial charge < -0.3 is 0 Å². The standard InChI is InChI=1S/C16H24O/c1-15(2,3)12-6-7-13-11(8-12)9-16(4,5)14(13)10-17/h9-10,12H,6-8H2,1-5H3. The molecule has 2 rings (SSSR count). The molecule has 0 aromatic carbocycles. The molecule has 0 heterocycles. The summed E-state index contributed by atoms with van der Waals surface area (Å²) < 4.78 is 0. The van der Waals surface area contributed by atoms with Crippen LogP contribution in [0.4, 0.5) is 0 Å². The molecular formula is C16H24O. The molecule has 2 aliphatic carbocycles. The van der Waals surface area contributed by atoms with Gasteiger partial charge in [0, 0.05) is 11.0 Å².